The molecule has 0 saturated carbocycles. The van der Waals surface area contributed by atoms with E-state index in [1.54, 1.807) is 0 Å². The Morgan fingerprint density at radius 2 is 1.58 bits per heavy atom. The van der Waals surface area contributed by atoms with E-state index in [1.165, 1.54) is 0 Å². The van der Waals surface area contributed by atoms with Gasteiger partial charge in [-0.25, -0.2) is 0 Å². The van der Waals surface area contributed by atoms with Gasteiger partial charge in [-0.2, -0.15) is 0 Å². The number of anilines is 1. The fourth-order valence-corrected chi connectivity index (χ4v) is 4.27. The summed E-state index contributed by atoms with van der Waals surface area (Å²) < 4.78 is 0. The van der Waals surface area contributed by atoms with Crippen LogP contribution in [0.1, 0.15) is 24.8 Å². The Morgan fingerprint density at radius 3 is 2.23 bits per heavy atom. The highest BCUT2D eigenvalue weighted by atomic mass is 16.3. The Balaban J connectivity index is 1.33. The summed E-state index contributed by atoms with van der Waals surface area (Å²) in [5.74, 6) is 0.588. The minimum absolute atomic E-state index is 0.221. The standard InChI is InChI=1S/C22H26N2O2/c25-21-15-18(17-24(21)20-9-5-2-6-10-20)16-23-13-11-22(26,12-14-23)19-7-3-1-4-8-19/h1-10,18,26H,11-17H2/t18-/m0/s1. The zero-order valence-electron chi connectivity index (χ0n) is 15.1. The van der Waals surface area contributed by atoms with Gasteiger partial charge in [0.1, 0.15) is 0 Å². The molecule has 1 atom stereocenters. The largest absolute Gasteiger partial charge is 0.385 e. The number of hydrogen-bond acceptors (Lipinski definition) is 3. The Morgan fingerprint density at radius 1 is 0.962 bits per heavy atom. The summed E-state index contributed by atoms with van der Waals surface area (Å²) in [6, 6.07) is 19.9. The molecule has 0 unspecified atom stereocenters. The van der Waals surface area contributed by atoms with Gasteiger partial charge in [-0.3, -0.25) is 4.79 Å². The molecule has 2 aliphatic rings. The van der Waals surface area contributed by atoms with Crippen molar-refractivity contribution in [3.05, 3.63) is 66.2 Å². The second-order valence-electron chi connectivity index (χ2n) is 7.61. The van der Waals surface area contributed by atoms with E-state index in [0.29, 0.717) is 12.3 Å². The maximum absolute atomic E-state index is 12.4. The molecule has 2 aromatic carbocycles. The van der Waals surface area contributed by atoms with E-state index in [0.717, 1.165) is 50.3 Å². The maximum Gasteiger partial charge on any atom is 0.227 e. The molecule has 1 amide bonds. The third-order valence-corrected chi connectivity index (χ3v) is 5.78. The molecular weight excluding hydrogens is 324 g/mol. The first-order valence-electron chi connectivity index (χ1n) is 9.50. The molecule has 2 heterocycles. The highest BCUT2D eigenvalue weighted by molar-refractivity contribution is 5.95. The molecule has 0 bridgehead atoms. The number of rotatable bonds is 4. The van der Waals surface area contributed by atoms with Gasteiger partial charge in [0.25, 0.3) is 0 Å². The monoisotopic (exact) mass is 350 g/mol. The van der Waals surface area contributed by atoms with Gasteiger partial charge in [0.15, 0.2) is 0 Å². The zero-order valence-corrected chi connectivity index (χ0v) is 15.1. The maximum atomic E-state index is 12.4. The molecule has 0 radical (unpaired) electrons. The van der Waals surface area contributed by atoms with Gasteiger partial charge in [0.05, 0.1) is 5.60 Å². The number of likely N-dealkylation sites (tertiary alicyclic amines) is 1. The SMILES string of the molecule is O=C1C[C@@H](CN2CCC(O)(c3ccccc3)CC2)CN1c1ccccc1. The number of para-hydroxylation sites is 1. The quantitative estimate of drug-likeness (QED) is 0.922. The fourth-order valence-electron chi connectivity index (χ4n) is 4.27. The second-order valence-corrected chi connectivity index (χ2v) is 7.61. The van der Waals surface area contributed by atoms with Gasteiger partial charge >= 0.3 is 0 Å². The first-order valence-corrected chi connectivity index (χ1v) is 9.50. The Labute approximate surface area is 155 Å². The highest BCUT2D eigenvalue weighted by Crippen LogP contribution is 2.33. The zero-order chi connectivity index (χ0) is 18.0. The van der Waals surface area contributed by atoms with Crippen LogP contribution in [0.2, 0.25) is 0 Å². The van der Waals surface area contributed by atoms with E-state index in [9.17, 15) is 9.90 Å². The number of piperidine rings is 1. The summed E-state index contributed by atoms with van der Waals surface area (Å²) in [6.07, 6.45) is 2.12. The third-order valence-electron chi connectivity index (χ3n) is 5.78. The van der Waals surface area contributed by atoms with Gasteiger partial charge < -0.3 is 14.9 Å². The topological polar surface area (TPSA) is 43.8 Å². The Hall–Kier alpha value is -2.17. The lowest BCUT2D eigenvalue weighted by atomic mass is 9.84. The van der Waals surface area contributed by atoms with Crippen LogP contribution >= 0.6 is 0 Å². The smallest absolute Gasteiger partial charge is 0.227 e. The van der Waals surface area contributed by atoms with Crippen molar-refractivity contribution in [2.75, 3.05) is 31.1 Å². The molecule has 4 nitrogen and oxygen atoms in total. The van der Waals surface area contributed by atoms with Gasteiger partial charge in [-0.15, -0.1) is 0 Å². The van der Waals surface area contributed by atoms with Gasteiger partial charge in [0, 0.05) is 38.3 Å². The lowest BCUT2D eigenvalue weighted by Crippen LogP contribution is -2.44. The summed E-state index contributed by atoms with van der Waals surface area (Å²) in [6.45, 7) is 3.48. The summed E-state index contributed by atoms with van der Waals surface area (Å²) >= 11 is 0. The van der Waals surface area contributed by atoms with E-state index in [2.05, 4.69) is 4.90 Å². The summed E-state index contributed by atoms with van der Waals surface area (Å²) in [5, 5.41) is 11.0. The molecule has 0 aliphatic carbocycles. The fraction of sp³-hybridized carbons (Fsp3) is 0.409. The van der Waals surface area contributed by atoms with Crippen LogP contribution in [0, 0.1) is 5.92 Å². The van der Waals surface area contributed by atoms with Crippen molar-refractivity contribution in [1.29, 1.82) is 0 Å². The molecule has 26 heavy (non-hydrogen) atoms. The predicted molar refractivity (Wildman–Crippen MR) is 103 cm³/mol. The van der Waals surface area contributed by atoms with Crippen LogP contribution in [0.15, 0.2) is 60.7 Å². The van der Waals surface area contributed by atoms with Gasteiger partial charge in [-0.1, -0.05) is 48.5 Å². The predicted octanol–water partition coefficient (Wildman–Crippen LogP) is 3.02. The molecule has 2 aromatic rings. The van der Waals surface area contributed by atoms with Crippen LogP contribution < -0.4 is 4.90 Å². The van der Waals surface area contributed by atoms with Crippen LogP contribution in [-0.2, 0) is 10.4 Å². The number of amides is 1. The number of nitrogens with zero attached hydrogens (tertiary/aromatic N) is 2. The van der Waals surface area contributed by atoms with Crippen molar-refractivity contribution < 1.29 is 9.90 Å². The van der Waals surface area contributed by atoms with Crippen LogP contribution in [0.3, 0.4) is 0 Å². The number of hydrogen-bond donors (Lipinski definition) is 1. The molecule has 2 aliphatic heterocycles. The first kappa shape index (κ1) is 17.3. The Bertz CT molecular complexity index is 739. The van der Waals surface area contributed by atoms with Gasteiger partial charge in [-0.05, 0) is 36.5 Å². The van der Waals surface area contributed by atoms with Crippen LogP contribution in [0.25, 0.3) is 0 Å². The van der Waals surface area contributed by atoms with Crippen LogP contribution in [0.4, 0.5) is 5.69 Å². The minimum Gasteiger partial charge on any atom is -0.385 e. The molecule has 0 spiro atoms. The Kier molecular flexibility index (Phi) is 4.79. The lowest BCUT2D eigenvalue weighted by molar-refractivity contribution is -0.117. The van der Waals surface area contributed by atoms with Crippen molar-refractivity contribution in [2.45, 2.75) is 24.9 Å². The van der Waals surface area contributed by atoms with E-state index >= 15 is 0 Å². The molecule has 4 rings (SSSR count). The van der Waals surface area contributed by atoms with E-state index in [1.807, 2.05) is 65.6 Å². The molecule has 1 N–H and O–H groups in total. The van der Waals surface area contributed by atoms with Crippen molar-refractivity contribution in [2.24, 2.45) is 5.92 Å². The van der Waals surface area contributed by atoms with E-state index in [-0.39, 0.29) is 5.91 Å². The summed E-state index contributed by atoms with van der Waals surface area (Å²) in [4.78, 5) is 16.7. The van der Waals surface area contributed by atoms with E-state index < -0.39 is 5.60 Å². The average molecular weight is 350 g/mol. The molecule has 4 heteroatoms. The minimum atomic E-state index is -0.709. The summed E-state index contributed by atoms with van der Waals surface area (Å²) in [5.41, 5.74) is 1.31. The molecule has 2 fully saturated rings. The van der Waals surface area contributed by atoms with Crippen molar-refractivity contribution in [3.63, 3.8) is 0 Å². The normalized spacial score (nSPS) is 23.3. The summed E-state index contributed by atoms with van der Waals surface area (Å²) in [7, 11) is 0. The van der Waals surface area contributed by atoms with E-state index in [4.69, 9.17) is 0 Å². The molecule has 2 saturated heterocycles. The number of carbonyl (C=O) groups is 1. The van der Waals surface area contributed by atoms with Crippen LogP contribution in [0.5, 0.6) is 0 Å². The van der Waals surface area contributed by atoms with Crippen molar-refractivity contribution >= 4 is 11.6 Å². The third kappa shape index (κ3) is 3.53. The molecule has 0 aromatic heterocycles. The van der Waals surface area contributed by atoms with Crippen molar-refractivity contribution in [1.82, 2.24) is 4.90 Å². The van der Waals surface area contributed by atoms with Gasteiger partial charge in [0.2, 0.25) is 5.91 Å². The second kappa shape index (κ2) is 7.22. The van der Waals surface area contributed by atoms with Crippen LogP contribution in [-0.4, -0.2) is 42.1 Å². The molecular formula is C22H26N2O2. The number of benzene rings is 2. The van der Waals surface area contributed by atoms with Crippen molar-refractivity contribution in [3.8, 4) is 0 Å². The number of carbonyl (C=O) groups excluding carboxylic acids is 1. The molecule has 136 valence electrons. The average Bonchev–Trinajstić information content (AvgIpc) is 3.05. The number of aliphatic hydroxyl groups is 1. The highest BCUT2D eigenvalue weighted by Gasteiger charge is 2.36. The first-order chi connectivity index (χ1) is 12.6. The lowest BCUT2D eigenvalue weighted by Gasteiger charge is -2.39.